The monoisotopic (exact) mass is 319 g/mol. The number of nitrogens with zero attached hydrogens (tertiary/aromatic N) is 2. The van der Waals surface area contributed by atoms with Crippen molar-refractivity contribution in [1.29, 1.82) is 0 Å². The van der Waals surface area contributed by atoms with Gasteiger partial charge >= 0.3 is 0 Å². The van der Waals surface area contributed by atoms with Crippen molar-refractivity contribution in [2.75, 3.05) is 0 Å². The molecule has 1 amide bonds. The van der Waals surface area contributed by atoms with Crippen molar-refractivity contribution < 1.29 is 9.90 Å². The number of amides is 1. The summed E-state index contributed by atoms with van der Waals surface area (Å²) in [6, 6.07) is 1.87. The number of carbonyl (C=O) groups is 1. The number of hydrogen-bond acceptors (Lipinski definition) is 4. The zero-order chi connectivity index (χ0) is 15.7. The lowest BCUT2D eigenvalue weighted by atomic mass is 9.75. The van der Waals surface area contributed by atoms with E-state index < -0.39 is 0 Å². The number of aliphatic hydroxyl groups excluding tert-OH is 1. The summed E-state index contributed by atoms with van der Waals surface area (Å²) in [5.74, 6) is 0.221. The summed E-state index contributed by atoms with van der Waals surface area (Å²) in [6.07, 6.45) is 5.88. The van der Waals surface area contributed by atoms with Gasteiger partial charge in [-0.25, -0.2) is 0 Å². The normalized spacial score (nSPS) is 22.1. The summed E-state index contributed by atoms with van der Waals surface area (Å²) in [5.41, 5.74) is 1.72. The second-order valence-electron chi connectivity index (χ2n) is 5.94. The number of carbonyl (C=O) groups excluding carboxylic acids is 1. The van der Waals surface area contributed by atoms with Crippen molar-refractivity contribution in [2.45, 2.75) is 38.3 Å². The van der Waals surface area contributed by atoms with E-state index >= 15 is 0 Å². The third-order valence-electron chi connectivity index (χ3n) is 4.26. The van der Waals surface area contributed by atoms with Gasteiger partial charge in [-0.3, -0.25) is 9.48 Å². The molecule has 0 bridgehead atoms. The van der Waals surface area contributed by atoms with Gasteiger partial charge in [-0.05, 0) is 31.2 Å². The molecule has 0 spiro atoms. The molecular weight excluding hydrogens is 298 g/mol. The van der Waals surface area contributed by atoms with Gasteiger partial charge in [0, 0.05) is 29.1 Å². The van der Waals surface area contributed by atoms with E-state index in [1.165, 1.54) is 4.88 Å². The first-order valence-corrected chi connectivity index (χ1v) is 8.49. The molecule has 2 aromatic rings. The highest BCUT2D eigenvalue weighted by molar-refractivity contribution is 7.10. The van der Waals surface area contributed by atoms with Crippen LogP contribution in [-0.2, 0) is 13.5 Å². The molecule has 0 unspecified atom stereocenters. The average Bonchev–Trinajstić information content (AvgIpc) is 3.10. The van der Waals surface area contributed by atoms with Crippen LogP contribution in [0.1, 0.15) is 46.6 Å². The Hall–Kier alpha value is -1.66. The summed E-state index contributed by atoms with van der Waals surface area (Å²) in [6.45, 7) is 2.09. The van der Waals surface area contributed by atoms with Crippen LogP contribution in [0.5, 0.6) is 0 Å². The quantitative estimate of drug-likeness (QED) is 0.888. The molecule has 3 rings (SSSR count). The minimum Gasteiger partial charge on any atom is -0.393 e. The summed E-state index contributed by atoms with van der Waals surface area (Å²) >= 11 is 1.62. The molecule has 1 aliphatic carbocycles. The predicted octanol–water partition coefficient (Wildman–Crippen LogP) is 2.29. The highest BCUT2D eigenvalue weighted by Crippen LogP contribution is 2.38. The fourth-order valence-electron chi connectivity index (χ4n) is 2.89. The van der Waals surface area contributed by atoms with Gasteiger partial charge < -0.3 is 10.4 Å². The van der Waals surface area contributed by atoms with Crippen LogP contribution in [0, 0.1) is 5.92 Å². The van der Waals surface area contributed by atoms with E-state index in [9.17, 15) is 9.90 Å². The largest absolute Gasteiger partial charge is 0.393 e. The van der Waals surface area contributed by atoms with Crippen molar-refractivity contribution in [3.05, 3.63) is 39.8 Å². The molecule has 1 saturated carbocycles. The van der Waals surface area contributed by atoms with Gasteiger partial charge in [-0.1, -0.05) is 6.92 Å². The van der Waals surface area contributed by atoms with E-state index in [0.29, 0.717) is 0 Å². The zero-order valence-corrected chi connectivity index (χ0v) is 13.6. The fourth-order valence-corrected chi connectivity index (χ4v) is 3.70. The summed E-state index contributed by atoms with van der Waals surface area (Å²) < 4.78 is 1.74. The van der Waals surface area contributed by atoms with E-state index in [1.54, 1.807) is 22.2 Å². The van der Waals surface area contributed by atoms with Gasteiger partial charge in [0.05, 0.1) is 23.9 Å². The first kappa shape index (κ1) is 15.2. The second kappa shape index (κ2) is 6.22. The van der Waals surface area contributed by atoms with Crippen molar-refractivity contribution in [1.82, 2.24) is 15.1 Å². The first-order valence-electron chi connectivity index (χ1n) is 7.61. The Morgan fingerprint density at radius 2 is 2.36 bits per heavy atom. The number of rotatable bonds is 5. The lowest BCUT2D eigenvalue weighted by Crippen LogP contribution is -2.41. The second-order valence-corrected chi connectivity index (χ2v) is 6.93. The Balaban J connectivity index is 1.76. The molecule has 22 heavy (non-hydrogen) atoms. The average molecular weight is 319 g/mol. The third-order valence-corrected chi connectivity index (χ3v) is 5.34. The maximum Gasteiger partial charge on any atom is 0.252 e. The van der Waals surface area contributed by atoms with Crippen LogP contribution < -0.4 is 5.32 Å². The van der Waals surface area contributed by atoms with E-state index in [2.05, 4.69) is 17.3 Å². The Bertz CT molecular complexity index is 658. The minimum atomic E-state index is -0.242. The van der Waals surface area contributed by atoms with Crippen LogP contribution in [0.2, 0.25) is 0 Å². The Morgan fingerprint density at radius 1 is 1.59 bits per heavy atom. The molecule has 1 aliphatic rings. The lowest BCUT2D eigenvalue weighted by molar-refractivity contribution is 0.0235. The molecule has 2 heterocycles. The molecule has 1 atom stereocenters. The molecule has 5 nitrogen and oxygen atoms in total. The number of hydrogen-bond donors (Lipinski definition) is 2. The standard InChI is InChI=1S/C16H21N3O2S/c1-3-14-6-11(9-22-14)16(21)18-15(10-4-13(20)5-10)12-7-17-19(2)8-12/h6-10,13,15,20H,3-5H2,1-2H3,(H,18,21)/t10?,13?,15-/m1/s1. The van der Waals surface area contributed by atoms with Crippen LogP contribution in [-0.4, -0.2) is 26.9 Å². The van der Waals surface area contributed by atoms with Crippen molar-refractivity contribution >= 4 is 17.2 Å². The third kappa shape index (κ3) is 3.08. The van der Waals surface area contributed by atoms with Crippen molar-refractivity contribution in [3.63, 3.8) is 0 Å². The van der Waals surface area contributed by atoms with E-state index in [0.717, 1.165) is 30.4 Å². The Kier molecular flexibility index (Phi) is 4.31. The van der Waals surface area contributed by atoms with Crippen molar-refractivity contribution in [2.24, 2.45) is 13.0 Å². The number of aliphatic hydroxyl groups is 1. The molecular formula is C16H21N3O2S. The summed E-state index contributed by atoms with van der Waals surface area (Å²) in [5, 5.41) is 18.8. The van der Waals surface area contributed by atoms with Crippen LogP contribution in [0.15, 0.2) is 23.8 Å². The smallest absolute Gasteiger partial charge is 0.252 e. The molecule has 2 N–H and O–H groups in total. The minimum absolute atomic E-state index is 0.0498. The van der Waals surface area contributed by atoms with Gasteiger partial charge in [0.2, 0.25) is 0 Å². The molecule has 118 valence electrons. The van der Waals surface area contributed by atoms with Crippen LogP contribution in [0.4, 0.5) is 0 Å². The fraction of sp³-hybridized carbons (Fsp3) is 0.500. The highest BCUT2D eigenvalue weighted by atomic mass is 32.1. The summed E-state index contributed by atoms with van der Waals surface area (Å²) in [7, 11) is 1.87. The predicted molar refractivity (Wildman–Crippen MR) is 85.8 cm³/mol. The zero-order valence-electron chi connectivity index (χ0n) is 12.8. The Labute approximate surface area is 134 Å². The van der Waals surface area contributed by atoms with Gasteiger partial charge in [0.1, 0.15) is 0 Å². The van der Waals surface area contributed by atoms with Gasteiger partial charge in [0.25, 0.3) is 5.91 Å². The molecule has 1 fully saturated rings. The number of aromatic nitrogens is 2. The van der Waals surface area contributed by atoms with E-state index in [1.807, 2.05) is 24.7 Å². The maximum atomic E-state index is 12.5. The molecule has 6 heteroatoms. The Morgan fingerprint density at radius 3 is 2.91 bits per heavy atom. The molecule has 0 radical (unpaired) electrons. The van der Waals surface area contributed by atoms with Crippen LogP contribution in [0.25, 0.3) is 0 Å². The lowest BCUT2D eigenvalue weighted by Gasteiger charge is -2.37. The van der Waals surface area contributed by atoms with Gasteiger partial charge in [-0.2, -0.15) is 5.10 Å². The maximum absolute atomic E-state index is 12.5. The van der Waals surface area contributed by atoms with E-state index in [-0.39, 0.29) is 24.0 Å². The number of nitrogens with one attached hydrogen (secondary N) is 1. The van der Waals surface area contributed by atoms with E-state index in [4.69, 9.17) is 0 Å². The first-order chi connectivity index (χ1) is 10.6. The van der Waals surface area contributed by atoms with Gasteiger partial charge in [0.15, 0.2) is 0 Å². The van der Waals surface area contributed by atoms with Gasteiger partial charge in [-0.15, -0.1) is 11.3 Å². The molecule has 0 aromatic carbocycles. The summed E-state index contributed by atoms with van der Waals surface area (Å²) in [4.78, 5) is 13.7. The number of aryl methyl sites for hydroxylation is 2. The molecule has 0 saturated heterocycles. The van der Waals surface area contributed by atoms with Crippen LogP contribution in [0.3, 0.4) is 0 Å². The molecule has 2 aromatic heterocycles. The van der Waals surface area contributed by atoms with Crippen LogP contribution >= 0.6 is 11.3 Å². The topological polar surface area (TPSA) is 67.2 Å². The van der Waals surface area contributed by atoms with Crippen molar-refractivity contribution in [3.8, 4) is 0 Å². The molecule has 0 aliphatic heterocycles. The SMILES string of the molecule is CCc1cc(C(=O)N[C@@H](c2cnn(C)c2)C2CC(O)C2)cs1. The highest BCUT2D eigenvalue weighted by Gasteiger charge is 2.36. The number of thiophene rings is 1.